The van der Waals surface area contributed by atoms with Crippen molar-refractivity contribution in [3.8, 4) is 0 Å². The first-order valence-electron chi connectivity index (χ1n) is 5.28. The average Bonchev–Trinajstić information content (AvgIpc) is 2.29. The summed E-state index contributed by atoms with van der Waals surface area (Å²) in [6.07, 6.45) is 1.55. The molecule has 0 fully saturated rings. The highest BCUT2D eigenvalue weighted by atomic mass is 35.5. The van der Waals surface area contributed by atoms with Gasteiger partial charge in [0.2, 0.25) is 5.79 Å². The number of hydrogen-bond acceptors (Lipinski definition) is 4. The fourth-order valence-electron chi connectivity index (χ4n) is 1.48. The first-order chi connectivity index (χ1) is 7.68. The highest BCUT2D eigenvalue weighted by Gasteiger charge is 2.33. The Morgan fingerprint density at radius 2 is 1.94 bits per heavy atom. The highest BCUT2D eigenvalue weighted by Crippen LogP contribution is 2.25. The second-order valence-corrected chi connectivity index (χ2v) is 3.62. The monoisotopic (exact) mass is 244 g/mol. The van der Waals surface area contributed by atoms with Crippen molar-refractivity contribution in [2.24, 2.45) is 5.73 Å². The van der Waals surface area contributed by atoms with E-state index >= 15 is 0 Å². The smallest absolute Gasteiger partial charge is 0.225 e. The summed E-state index contributed by atoms with van der Waals surface area (Å²) in [5.74, 6) is -0.964. The van der Waals surface area contributed by atoms with Crippen LogP contribution in [-0.4, -0.2) is 24.7 Å². The molecule has 1 heterocycles. The Bertz CT molecular complexity index is 310. The molecule has 4 nitrogen and oxygen atoms in total. The minimum atomic E-state index is -0.964. The molecule has 16 heavy (non-hydrogen) atoms. The van der Waals surface area contributed by atoms with Gasteiger partial charge in [-0.2, -0.15) is 0 Å². The van der Waals surface area contributed by atoms with Crippen LogP contribution in [0, 0.1) is 0 Å². The molecule has 0 unspecified atom stereocenters. The molecule has 0 aliphatic heterocycles. The van der Waals surface area contributed by atoms with Crippen molar-refractivity contribution >= 4 is 11.6 Å². The molecule has 0 atom stereocenters. The van der Waals surface area contributed by atoms with E-state index in [0.29, 0.717) is 23.9 Å². The molecule has 90 valence electrons. The maximum Gasteiger partial charge on any atom is 0.225 e. The van der Waals surface area contributed by atoms with Gasteiger partial charge in [0.15, 0.2) is 0 Å². The predicted molar refractivity (Wildman–Crippen MR) is 63.2 cm³/mol. The van der Waals surface area contributed by atoms with Crippen LogP contribution in [0.5, 0.6) is 0 Å². The fraction of sp³-hybridized carbons (Fsp3) is 0.545. The summed E-state index contributed by atoms with van der Waals surface area (Å²) in [6, 6.07) is 3.51. The minimum absolute atomic E-state index is 0.212. The SMILES string of the molecule is CCOC(CN)(OCC)c1ccc(Cl)cn1. The molecule has 0 radical (unpaired) electrons. The third kappa shape index (κ3) is 2.92. The number of ether oxygens (including phenoxy) is 2. The van der Waals surface area contributed by atoms with Gasteiger partial charge in [0.05, 0.1) is 11.6 Å². The van der Waals surface area contributed by atoms with Gasteiger partial charge in [-0.05, 0) is 26.0 Å². The third-order valence-electron chi connectivity index (χ3n) is 2.14. The molecule has 0 amide bonds. The number of nitrogens with two attached hydrogens (primary N) is 1. The van der Waals surface area contributed by atoms with Crippen LogP contribution in [-0.2, 0) is 15.3 Å². The second kappa shape index (κ2) is 6.15. The van der Waals surface area contributed by atoms with Crippen molar-refractivity contribution in [2.75, 3.05) is 19.8 Å². The minimum Gasteiger partial charge on any atom is -0.344 e. The van der Waals surface area contributed by atoms with Gasteiger partial charge in [0.1, 0.15) is 5.69 Å². The first-order valence-corrected chi connectivity index (χ1v) is 5.66. The van der Waals surface area contributed by atoms with E-state index in [1.807, 2.05) is 13.8 Å². The van der Waals surface area contributed by atoms with Crippen LogP contribution in [0.3, 0.4) is 0 Å². The summed E-state index contributed by atoms with van der Waals surface area (Å²) < 4.78 is 11.2. The number of nitrogens with zero attached hydrogens (tertiary/aromatic N) is 1. The zero-order valence-corrected chi connectivity index (χ0v) is 10.3. The molecule has 0 aromatic carbocycles. The van der Waals surface area contributed by atoms with Crippen LogP contribution in [0.25, 0.3) is 0 Å². The normalized spacial score (nSPS) is 11.8. The molecule has 0 aliphatic carbocycles. The van der Waals surface area contributed by atoms with Crippen molar-refractivity contribution in [3.05, 3.63) is 29.0 Å². The Hall–Kier alpha value is -0.680. The van der Waals surface area contributed by atoms with Crippen LogP contribution >= 0.6 is 11.6 Å². The summed E-state index contributed by atoms with van der Waals surface area (Å²) in [6.45, 7) is 4.99. The van der Waals surface area contributed by atoms with E-state index in [1.54, 1.807) is 18.3 Å². The lowest BCUT2D eigenvalue weighted by molar-refractivity contribution is -0.237. The summed E-state index contributed by atoms with van der Waals surface area (Å²) in [5.41, 5.74) is 6.37. The van der Waals surface area contributed by atoms with E-state index in [9.17, 15) is 0 Å². The van der Waals surface area contributed by atoms with Gasteiger partial charge in [0, 0.05) is 19.4 Å². The average molecular weight is 245 g/mol. The van der Waals surface area contributed by atoms with Crippen molar-refractivity contribution in [3.63, 3.8) is 0 Å². The zero-order chi connectivity index (χ0) is 12.0. The van der Waals surface area contributed by atoms with Crippen LogP contribution in [0.1, 0.15) is 19.5 Å². The number of halogens is 1. The van der Waals surface area contributed by atoms with Crippen molar-refractivity contribution in [1.82, 2.24) is 4.98 Å². The molecule has 5 heteroatoms. The molecule has 1 aromatic heterocycles. The van der Waals surface area contributed by atoms with E-state index in [0.717, 1.165) is 0 Å². The third-order valence-corrected chi connectivity index (χ3v) is 2.36. The molecule has 0 bridgehead atoms. The van der Waals surface area contributed by atoms with Gasteiger partial charge >= 0.3 is 0 Å². The van der Waals surface area contributed by atoms with Gasteiger partial charge in [-0.1, -0.05) is 11.6 Å². The standard InChI is InChI=1S/C11H17ClN2O2/c1-3-15-11(8-13,16-4-2)10-6-5-9(12)7-14-10/h5-7H,3-4,8,13H2,1-2H3. The topological polar surface area (TPSA) is 57.4 Å². The summed E-state index contributed by atoms with van der Waals surface area (Å²) in [4.78, 5) is 4.20. The van der Waals surface area contributed by atoms with Crippen molar-refractivity contribution in [1.29, 1.82) is 0 Å². The second-order valence-electron chi connectivity index (χ2n) is 3.18. The van der Waals surface area contributed by atoms with Gasteiger partial charge in [-0.3, -0.25) is 4.98 Å². The maximum atomic E-state index is 5.78. The Kier molecular flexibility index (Phi) is 5.15. The molecule has 0 saturated carbocycles. The Morgan fingerprint density at radius 3 is 2.31 bits per heavy atom. The largest absolute Gasteiger partial charge is 0.344 e. The molecule has 2 N–H and O–H groups in total. The first kappa shape index (κ1) is 13.4. The molecule has 1 aromatic rings. The number of pyridine rings is 1. The van der Waals surface area contributed by atoms with E-state index in [1.165, 1.54) is 0 Å². The lowest BCUT2D eigenvalue weighted by atomic mass is 10.1. The van der Waals surface area contributed by atoms with Gasteiger partial charge in [0.25, 0.3) is 0 Å². The van der Waals surface area contributed by atoms with Crippen LogP contribution in [0.2, 0.25) is 5.02 Å². The number of hydrogen-bond donors (Lipinski definition) is 1. The predicted octanol–water partition coefficient (Wildman–Crippen LogP) is 1.92. The highest BCUT2D eigenvalue weighted by molar-refractivity contribution is 6.30. The lowest BCUT2D eigenvalue weighted by Gasteiger charge is -2.31. The Morgan fingerprint density at radius 1 is 1.31 bits per heavy atom. The lowest BCUT2D eigenvalue weighted by Crippen LogP contribution is -2.41. The molecule has 0 aliphatic rings. The van der Waals surface area contributed by atoms with Crippen LogP contribution in [0.4, 0.5) is 0 Å². The molecule has 0 spiro atoms. The quantitative estimate of drug-likeness (QED) is 0.777. The molecular formula is C11H17ClN2O2. The van der Waals surface area contributed by atoms with Crippen molar-refractivity contribution in [2.45, 2.75) is 19.6 Å². The molecular weight excluding hydrogens is 228 g/mol. The van der Waals surface area contributed by atoms with E-state index in [-0.39, 0.29) is 6.54 Å². The molecule has 1 rings (SSSR count). The Balaban J connectivity index is 3.02. The molecule has 0 saturated heterocycles. The van der Waals surface area contributed by atoms with Gasteiger partial charge in [-0.25, -0.2) is 0 Å². The number of aromatic nitrogens is 1. The summed E-state index contributed by atoms with van der Waals surface area (Å²) >= 11 is 5.78. The van der Waals surface area contributed by atoms with Gasteiger partial charge in [-0.15, -0.1) is 0 Å². The van der Waals surface area contributed by atoms with Crippen LogP contribution < -0.4 is 5.73 Å². The van der Waals surface area contributed by atoms with Crippen LogP contribution in [0.15, 0.2) is 18.3 Å². The zero-order valence-electron chi connectivity index (χ0n) is 9.57. The van der Waals surface area contributed by atoms with Gasteiger partial charge < -0.3 is 15.2 Å². The Labute approximate surface area is 101 Å². The van der Waals surface area contributed by atoms with E-state index < -0.39 is 5.79 Å². The van der Waals surface area contributed by atoms with E-state index in [4.69, 9.17) is 26.8 Å². The summed E-state index contributed by atoms with van der Waals surface area (Å²) in [7, 11) is 0. The fourth-order valence-corrected chi connectivity index (χ4v) is 1.59. The van der Waals surface area contributed by atoms with E-state index in [2.05, 4.69) is 4.98 Å². The number of rotatable bonds is 6. The maximum absolute atomic E-state index is 5.78. The van der Waals surface area contributed by atoms with Crippen molar-refractivity contribution < 1.29 is 9.47 Å². The summed E-state index contributed by atoms with van der Waals surface area (Å²) in [5, 5.41) is 0.572.